The molecule has 1 N–H and O–H groups in total. The Hall–Kier alpha value is -1.72. The second-order valence-electron chi connectivity index (χ2n) is 3.87. The predicted octanol–water partition coefficient (Wildman–Crippen LogP) is 4.46. The maximum Gasteiger partial charge on any atom is 0.204 e. The maximum absolute atomic E-state index is 4.46. The molecule has 0 aliphatic rings. The standard InChI is InChI=1S/C14H10BrN3S/c15-13(10-6-2-1-3-7-10)17-18-14-16-11-8-4-5-9-12(11)19-14/h1-9H,(H,16,18)/b17-13+. The lowest BCUT2D eigenvalue weighted by molar-refractivity contribution is 1.31. The van der Waals surface area contributed by atoms with E-state index in [4.69, 9.17) is 0 Å². The third-order valence-corrected chi connectivity index (χ3v) is 4.13. The van der Waals surface area contributed by atoms with Crippen molar-refractivity contribution in [2.24, 2.45) is 5.10 Å². The zero-order valence-corrected chi connectivity index (χ0v) is 12.3. The van der Waals surface area contributed by atoms with Gasteiger partial charge in [0, 0.05) is 5.56 Å². The lowest BCUT2D eigenvalue weighted by Crippen LogP contribution is -1.95. The molecule has 3 nitrogen and oxygen atoms in total. The van der Waals surface area contributed by atoms with Crippen LogP contribution >= 0.6 is 27.3 Å². The zero-order chi connectivity index (χ0) is 13.1. The molecule has 0 radical (unpaired) electrons. The first-order valence-corrected chi connectivity index (χ1v) is 7.34. The molecule has 5 heteroatoms. The second kappa shape index (κ2) is 5.50. The Morgan fingerprint density at radius 1 is 1.05 bits per heavy atom. The van der Waals surface area contributed by atoms with Gasteiger partial charge in [-0.3, -0.25) is 5.43 Å². The van der Waals surface area contributed by atoms with Gasteiger partial charge in [-0.1, -0.05) is 53.8 Å². The van der Waals surface area contributed by atoms with Gasteiger partial charge in [0.25, 0.3) is 0 Å². The summed E-state index contributed by atoms with van der Waals surface area (Å²) in [7, 11) is 0. The van der Waals surface area contributed by atoms with E-state index in [0.29, 0.717) is 0 Å². The number of benzene rings is 2. The van der Waals surface area contributed by atoms with Crippen LogP contribution in [-0.4, -0.2) is 9.60 Å². The van der Waals surface area contributed by atoms with E-state index >= 15 is 0 Å². The molecule has 0 bridgehead atoms. The average Bonchev–Trinajstić information content (AvgIpc) is 2.88. The van der Waals surface area contributed by atoms with Crippen LogP contribution in [0.3, 0.4) is 0 Å². The van der Waals surface area contributed by atoms with E-state index in [1.54, 1.807) is 11.3 Å². The van der Waals surface area contributed by atoms with Crippen molar-refractivity contribution < 1.29 is 0 Å². The summed E-state index contributed by atoms with van der Waals surface area (Å²) >= 11 is 5.04. The number of anilines is 1. The molecule has 0 aliphatic heterocycles. The van der Waals surface area contributed by atoms with E-state index in [1.807, 2.05) is 54.6 Å². The molecule has 0 aliphatic carbocycles. The van der Waals surface area contributed by atoms with Gasteiger partial charge in [0.15, 0.2) is 0 Å². The molecule has 2 aromatic carbocycles. The van der Waals surface area contributed by atoms with E-state index in [9.17, 15) is 0 Å². The number of aromatic nitrogens is 1. The number of nitrogens with zero attached hydrogens (tertiary/aromatic N) is 2. The van der Waals surface area contributed by atoms with Crippen molar-refractivity contribution in [2.75, 3.05) is 5.43 Å². The van der Waals surface area contributed by atoms with Crippen molar-refractivity contribution in [3.05, 3.63) is 60.2 Å². The quantitative estimate of drug-likeness (QED) is 0.568. The SMILES string of the molecule is Br/C(=N/Nc1nc2ccccc2s1)c1ccccc1. The van der Waals surface area contributed by atoms with Gasteiger partial charge in [-0.15, -0.1) is 0 Å². The van der Waals surface area contributed by atoms with Crippen molar-refractivity contribution in [3.63, 3.8) is 0 Å². The first-order valence-electron chi connectivity index (χ1n) is 5.73. The van der Waals surface area contributed by atoms with Crippen LogP contribution in [0.15, 0.2) is 59.7 Å². The molecule has 19 heavy (non-hydrogen) atoms. The highest BCUT2D eigenvalue weighted by atomic mass is 79.9. The number of hydrogen-bond acceptors (Lipinski definition) is 4. The molecule has 0 atom stereocenters. The molecule has 0 saturated heterocycles. The number of fused-ring (bicyclic) bond motifs is 1. The van der Waals surface area contributed by atoms with E-state index < -0.39 is 0 Å². The Bertz CT molecular complexity index is 689. The lowest BCUT2D eigenvalue weighted by Gasteiger charge is -1.98. The first kappa shape index (κ1) is 12.3. The van der Waals surface area contributed by atoms with Crippen LogP contribution in [0, 0.1) is 0 Å². The van der Waals surface area contributed by atoms with Gasteiger partial charge in [0.2, 0.25) is 5.13 Å². The molecule has 0 amide bonds. The third kappa shape index (κ3) is 2.83. The Kier molecular flexibility index (Phi) is 3.57. The van der Waals surface area contributed by atoms with E-state index in [-0.39, 0.29) is 0 Å². The minimum Gasteiger partial charge on any atom is -0.251 e. The highest BCUT2D eigenvalue weighted by Gasteiger charge is 2.02. The first-order chi connectivity index (χ1) is 9.33. The lowest BCUT2D eigenvalue weighted by atomic mass is 10.2. The highest BCUT2D eigenvalue weighted by Crippen LogP contribution is 2.25. The third-order valence-electron chi connectivity index (χ3n) is 2.56. The molecular weight excluding hydrogens is 322 g/mol. The van der Waals surface area contributed by atoms with E-state index in [2.05, 4.69) is 31.4 Å². The van der Waals surface area contributed by atoms with Gasteiger partial charge in [-0.2, -0.15) is 5.10 Å². The summed E-state index contributed by atoms with van der Waals surface area (Å²) in [5.74, 6) is 0. The number of hydrazone groups is 1. The van der Waals surface area contributed by atoms with Crippen LogP contribution in [0.5, 0.6) is 0 Å². The van der Waals surface area contributed by atoms with Crippen molar-refractivity contribution in [1.82, 2.24) is 4.98 Å². The fourth-order valence-electron chi connectivity index (χ4n) is 1.66. The molecule has 0 saturated carbocycles. The predicted molar refractivity (Wildman–Crippen MR) is 85.1 cm³/mol. The number of para-hydroxylation sites is 1. The molecule has 0 fully saturated rings. The van der Waals surface area contributed by atoms with Crippen molar-refractivity contribution >= 4 is 47.2 Å². The summed E-state index contributed by atoms with van der Waals surface area (Å²) in [5.41, 5.74) is 4.99. The summed E-state index contributed by atoms with van der Waals surface area (Å²) in [6, 6.07) is 17.9. The zero-order valence-electron chi connectivity index (χ0n) is 9.88. The smallest absolute Gasteiger partial charge is 0.204 e. The van der Waals surface area contributed by atoms with Gasteiger partial charge in [-0.05, 0) is 28.1 Å². The maximum atomic E-state index is 4.46. The fraction of sp³-hybridized carbons (Fsp3) is 0. The van der Waals surface area contributed by atoms with Crippen LogP contribution in [-0.2, 0) is 0 Å². The summed E-state index contributed by atoms with van der Waals surface area (Å²) in [5, 5.41) is 5.08. The Labute approximate surface area is 123 Å². The van der Waals surface area contributed by atoms with Crippen molar-refractivity contribution in [1.29, 1.82) is 0 Å². The van der Waals surface area contributed by atoms with Crippen LogP contribution in [0.25, 0.3) is 10.2 Å². The number of thiazole rings is 1. The van der Waals surface area contributed by atoms with Crippen LogP contribution < -0.4 is 5.43 Å². The summed E-state index contributed by atoms with van der Waals surface area (Å²) in [4.78, 5) is 4.46. The van der Waals surface area contributed by atoms with Crippen molar-refractivity contribution in [2.45, 2.75) is 0 Å². The minimum atomic E-state index is 0.757. The molecule has 3 aromatic rings. The molecule has 3 rings (SSSR count). The van der Waals surface area contributed by atoms with Crippen LogP contribution in [0.4, 0.5) is 5.13 Å². The average molecular weight is 332 g/mol. The van der Waals surface area contributed by atoms with E-state index in [1.165, 1.54) is 0 Å². The molecule has 0 spiro atoms. The van der Waals surface area contributed by atoms with Crippen molar-refractivity contribution in [3.8, 4) is 0 Å². The van der Waals surface area contributed by atoms with Gasteiger partial charge in [0.1, 0.15) is 4.62 Å². The number of halogens is 1. The Morgan fingerprint density at radius 3 is 2.58 bits per heavy atom. The van der Waals surface area contributed by atoms with Crippen LogP contribution in [0.2, 0.25) is 0 Å². The summed E-state index contributed by atoms with van der Waals surface area (Å²) < 4.78 is 1.91. The Morgan fingerprint density at radius 2 is 1.79 bits per heavy atom. The van der Waals surface area contributed by atoms with Gasteiger partial charge in [-0.25, -0.2) is 4.98 Å². The second-order valence-corrected chi connectivity index (χ2v) is 5.65. The highest BCUT2D eigenvalue weighted by molar-refractivity contribution is 9.18. The van der Waals surface area contributed by atoms with E-state index in [0.717, 1.165) is 25.5 Å². The summed E-state index contributed by atoms with van der Waals surface area (Å²) in [6.07, 6.45) is 0. The molecule has 94 valence electrons. The Balaban J connectivity index is 1.82. The topological polar surface area (TPSA) is 37.3 Å². The molecular formula is C14H10BrN3S. The normalized spacial score (nSPS) is 11.7. The number of hydrogen-bond donors (Lipinski definition) is 1. The van der Waals surface area contributed by atoms with Crippen LogP contribution in [0.1, 0.15) is 5.56 Å². The molecule has 1 heterocycles. The van der Waals surface area contributed by atoms with Gasteiger partial charge in [0.05, 0.1) is 10.2 Å². The minimum absolute atomic E-state index is 0.757. The number of rotatable bonds is 3. The van der Waals surface area contributed by atoms with Gasteiger partial charge >= 0.3 is 0 Å². The fourth-order valence-corrected chi connectivity index (χ4v) is 2.82. The molecule has 0 unspecified atom stereocenters. The monoisotopic (exact) mass is 331 g/mol. The summed E-state index contributed by atoms with van der Waals surface area (Å²) in [6.45, 7) is 0. The van der Waals surface area contributed by atoms with Gasteiger partial charge < -0.3 is 0 Å². The largest absolute Gasteiger partial charge is 0.251 e. The molecule has 1 aromatic heterocycles. The number of nitrogens with one attached hydrogen (secondary N) is 1.